The minimum Gasteiger partial charge on any atom is -0.147 e. The molecule has 1 amide bonds. The number of nitrogens with one attached hydrogen (secondary N) is 1. The van der Waals surface area contributed by atoms with Crippen LogP contribution in [-0.4, -0.2) is 19.9 Å². The Bertz CT molecular complexity index is 923. The van der Waals surface area contributed by atoms with Gasteiger partial charge in [0.15, 0.2) is 0 Å². The molecule has 3 rings (SSSR count). The first-order valence-electron chi connectivity index (χ1n) is 15.3. The summed E-state index contributed by atoms with van der Waals surface area (Å²) in [5.41, 5.74) is 4.49. The van der Waals surface area contributed by atoms with E-state index >= 15 is 0 Å². The quantitative estimate of drug-likeness (QED) is 0.229. The number of rotatable bonds is 9. The van der Waals surface area contributed by atoms with Crippen molar-refractivity contribution in [1.29, 1.82) is 0 Å². The van der Waals surface area contributed by atoms with Crippen molar-refractivity contribution in [3.8, 4) is 5.75 Å². The van der Waals surface area contributed by atoms with Crippen LogP contribution in [0.4, 0.5) is 0 Å². The molecule has 1 fully saturated rings. The van der Waals surface area contributed by atoms with Crippen LogP contribution in [0.3, 0.4) is 0 Å². The molecule has 38 heavy (non-hydrogen) atoms. The molecule has 3 nitrogen and oxygen atoms in total. The zero-order valence-electron chi connectivity index (χ0n) is 24.9. The fourth-order valence-electron chi connectivity index (χ4n) is 6.70. The summed E-state index contributed by atoms with van der Waals surface area (Å²) < 4.78 is 12.9. The van der Waals surface area contributed by atoms with Crippen molar-refractivity contribution in [3.05, 3.63) is 50.9 Å². The molecule has 1 aromatic carbocycles. The standard InChI is InChI=1S/C13H25NO.C9H11O.C9H13.CH5Si.ClH.Ti/c14-13(15)12-10-8-6-4-2-1-3-5-7-9-11-12;1-2-8-10-9-6-4-3-5-7-9;1-6-5-7(2)9(4)8(6)3;1-2;;/h12H,1-11H2,(H2,14,15);3-7H,1-2,8H2;6H,1-4H3;2H2,1H3;1H;/q;;;;;+1/p-1. The Hall–Kier alpha value is -0.809. The van der Waals surface area contributed by atoms with Crippen LogP contribution in [0.15, 0.2) is 50.9 Å². The van der Waals surface area contributed by atoms with Gasteiger partial charge in [0, 0.05) is 0 Å². The number of benzene rings is 1. The Morgan fingerprint density at radius 2 is 1.47 bits per heavy atom. The van der Waals surface area contributed by atoms with Crippen molar-refractivity contribution in [2.75, 3.05) is 6.61 Å². The van der Waals surface area contributed by atoms with E-state index in [1.54, 1.807) is 3.88 Å². The van der Waals surface area contributed by atoms with Gasteiger partial charge in [-0.1, -0.05) is 0 Å². The Balaban J connectivity index is 0.00000507. The van der Waals surface area contributed by atoms with Crippen molar-refractivity contribution in [2.24, 2.45) is 11.8 Å². The van der Waals surface area contributed by atoms with E-state index in [0.29, 0.717) is 11.8 Å². The largest absolute Gasteiger partial charge is 0.147 e. The molecule has 6 heteroatoms. The smallest absolute Gasteiger partial charge is 0.147 e. The third-order valence-corrected chi connectivity index (χ3v) is 25.9. The van der Waals surface area contributed by atoms with Crippen molar-refractivity contribution in [2.45, 2.75) is 116 Å². The Kier molecular flexibility index (Phi) is 15.0. The number of carbonyl (C=O) groups is 1. The fourth-order valence-corrected chi connectivity index (χ4v) is 22.1. The summed E-state index contributed by atoms with van der Waals surface area (Å²) in [5.74, 6) is 2.05. The van der Waals surface area contributed by atoms with Gasteiger partial charge in [-0.2, -0.15) is 0 Å². The molecule has 0 heterocycles. The predicted octanol–water partition coefficient (Wildman–Crippen LogP) is 8.79. The van der Waals surface area contributed by atoms with Crippen molar-refractivity contribution in [3.63, 3.8) is 0 Å². The second kappa shape index (κ2) is 17.1. The number of hydrogen-bond donors (Lipinski definition) is 1. The van der Waals surface area contributed by atoms with Crippen LogP contribution in [0.5, 0.6) is 5.75 Å². The van der Waals surface area contributed by atoms with Gasteiger partial charge in [0.2, 0.25) is 0 Å². The number of ether oxygens (including phenoxy) is 1. The van der Waals surface area contributed by atoms with Crippen molar-refractivity contribution in [1.82, 2.24) is 3.80 Å². The molecule has 2 unspecified atom stereocenters. The summed E-state index contributed by atoms with van der Waals surface area (Å²) in [5, 5.41) is 0. The maximum atomic E-state index is 14.1. The molecule has 2 aliphatic carbocycles. The van der Waals surface area contributed by atoms with Crippen LogP contribution in [0.25, 0.3) is 0 Å². The molecular weight excluding hydrogens is 542 g/mol. The van der Waals surface area contributed by atoms with E-state index in [2.05, 4.69) is 38.0 Å². The first-order chi connectivity index (χ1) is 17.9. The van der Waals surface area contributed by atoms with E-state index in [-0.39, 0.29) is 18.3 Å². The summed E-state index contributed by atoms with van der Waals surface area (Å²) in [7, 11) is -0.409. The molecule has 2 aliphatic rings. The van der Waals surface area contributed by atoms with Gasteiger partial charge in [-0.15, -0.1) is 12.4 Å². The Labute approximate surface area is 245 Å². The van der Waals surface area contributed by atoms with E-state index in [9.17, 15) is 4.79 Å². The number of halogens is 1. The summed E-state index contributed by atoms with van der Waals surface area (Å²) in [6, 6.07) is 10.2. The Morgan fingerprint density at radius 1 is 0.921 bits per heavy atom. The van der Waals surface area contributed by atoms with Crippen LogP contribution in [0, 0.1) is 11.8 Å². The third kappa shape index (κ3) is 9.11. The van der Waals surface area contributed by atoms with E-state index in [1.807, 2.05) is 30.3 Å². The molecule has 0 bridgehead atoms. The minimum atomic E-state index is -2.78. The summed E-state index contributed by atoms with van der Waals surface area (Å²) in [6.45, 7) is 12.6. The minimum absolute atomic E-state index is 0. The monoisotopic (exact) mass is 595 g/mol. The number of allylic oxidation sites excluding steroid dienone is 4. The molecule has 0 aromatic heterocycles. The first kappa shape index (κ1) is 33.4. The molecule has 1 saturated carbocycles. The average Bonchev–Trinajstić information content (AvgIpc) is 3.09. The number of para-hydroxylation sites is 1. The molecular formula is C32H54ClNO2SiTi. The topological polar surface area (TPSA) is 38.3 Å². The SMILES string of the molecule is C[SiH2][Ti]([CH2]CCOc1ccccc1)([NH]C(=O)C1CCCCCCCCCCC1)[C]1=C(C)C(C)=C(C)C1C.Cl. The Morgan fingerprint density at radius 3 is 1.97 bits per heavy atom. The second-order valence-electron chi connectivity index (χ2n) is 11.7. The van der Waals surface area contributed by atoms with E-state index < -0.39 is 23.5 Å². The number of hydrogen-bond acceptors (Lipinski definition) is 2. The van der Waals surface area contributed by atoms with Crippen LogP contribution in [-0.2, 0) is 20.9 Å². The first-order valence-corrected chi connectivity index (χ1v) is 23.4. The molecule has 2 atom stereocenters. The molecule has 1 N–H and O–H groups in total. The summed E-state index contributed by atoms with van der Waals surface area (Å²) in [6.07, 6.45) is 15.0. The van der Waals surface area contributed by atoms with Gasteiger partial charge >= 0.3 is 234 Å². The second-order valence-corrected chi connectivity index (χ2v) is 26.1. The van der Waals surface area contributed by atoms with Gasteiger partial charge in [0.05, 0.1) is 0 Å². The summed E-state index contributed by atoms with van der Waals surface area (Å²) in [4.78, 5) is 14.1. The van der Waals surface area contributed by atoms with Gasteiger partial charge < -0.3 is 0 Å². The van der Waals surface area contributed by atoms with E-state index in [4.69, 9.17) is 4.74 Å². The molecule has 0 radical (unpaired) electrons. The third-order valence-electron chi connectivity index (χ3n) is 9.36. The number of amides is 1. The van der Waals surface area contributed by atoms with Crippen molar-refractivity contribution < 1.29 is 25.6 Å². The maximum absolute atomic E-state index is 14.1. The predicted molar refractivity (Wildman–Crippen MR) is 166 cm³/mol. The molecule has 1 aromatic rings. The number of carbonyl (C=O) groups excluding carboxylic acids is 1. The van der Waals surface area contributed by atoms with Crippen molar-refractivity contribution >= 4 is 25.7 Å². The zero-order valence-corrected chi connectivity index (χ0v) is 28.7. The molecule has 0 aliphatic heterocycles. The zero-order chi connectivity index (χ0) is 26.7. The van der Waals surface area contributed by atoms with Gasteiger partial charge in [0.25, 0.3) is 0 Å². The van der Waals surface area contributed by atoms with Gasteiger partial charge in [-0.25, -0.2) is 0 Å². The summed E-state index contributed by atoms with van der Waals surface area (Å²) >= 11 is -2.78. The van der Waals surface area contributed by atoms with Crippen LogP contribution in [0.2, 0.25) is 11.3 Å². The van der Waals surface area contributed by atoms with Gasteiger partial charge in [-0.3, -0.25) is 0 Å². The average molecular weight is 596 g/mol. The molecule has 214 valence electrons. The maximum Gasteiger partial charge on any atom is -0.147 e. The molecule has 0 spiro atoms. The van der Waals surface area contributed by atoms with Gasteiger partial charge in [0.1, 0.15) is 0 Å². The van der Waals surface area contributed by atoms with Gasteiger partial charge in [-0.05, 0) is 0 Å². The van der Waals surface area contributed by atoms with Crippen LogP contribution >= 0.6 is 12.4 Å². The van der Waals surface area contributed by atoms with E-state index in [1.165, 1.54) is 74.5 Å². The normalized spacial score (nSPS) is 22.0. The fraction of sp³-hybridized carbons (Fsp3) is 0.656. The van der Waals surface area contributed by atoms with Crippen LogP contribution < -0.4 is 8.54 Å². The molecule has 0 saturated heterocycles. The van der Waals surface area contributed by atoms with Crippen LogP contribution in [0.1, 0.15) is 105 Å². The van der Waals surface area contributed by atoms with E-state index in [0.717, 1.165) is 36.3 Å².